The lowest BCUT2D eigenvalue weighted by molar-refractivity contribution is -0.144. The van der Waals surface area contributed by atoms with E-state index in [1.807, 2.05) is 0 Å². The third kappa shape index (κ3) is 10.8. The molecule has 0 fully saturated rings. The van der Waals surface area contributed by atoms with Crippen molar-refractivity contribution in [3.8, 4) is 0 Å². The summed E-state index contributed by atoms with van der Waals surface area (Å²) in [4.78, 5) is 53.0. The van der Waals surface area contributed by atoms with Gasteiger partial charge in [-0.05, 0) is 32.6 Å². The minimum atomic E-state index is -1.54. The van der Waals surface area contributed by atoms with Gasteiger partial charge >= 0.3 is 5.97 Å². The number of carbonyl (C=O) groups excluding carboxylic acids is 3. The number of hydrogen-bond acceptors (Lipinski definition) is 8. The molecule has 34 heavy (non-hydrogen) atoms. The third-order valence-corrected chi connectivity index (χ3v) is 5.21. The van der Waals surface area contributed by atoms with Gasteiger partial charge < -0.3 is 48.5 Å². The number of carboxylic acid groups (broad SMARTS) is 1. The molecular formula is C20H39N7O7. The van der Waals surface area contributed by atoms with Crippen LogP contribution in [0.4, 0.5) is 0 Å². The number of hydrogen-bond donors (Lipinski definition) is 9. The van der Waals surface area contributed by atoms with Crippen molar-refractivity contribution in [1.82, 2.24) is 16.0 Å². The van der Waals surface area contributed by atoms with Crippen molar-refractivity contribution in [2.45, 2.75) is 83.3 Å². The first-order chi connectivity index (χ1) is 15.7. The predicted octanol–water partition coefficient (Wildman–Crippen LogP) is -3.29. The fourth-order valence-corrected chi connectivity index (χ4v) is 2.89. The molecule has 0 aliphatic rings. The molecule has 196 valence electrons. The van der Waals surface area contributed by atoms with Gasteiger partial charge in [-0.3, -0.25) is 19.4 Å². The second-order valence-corrected chi connectivity index (χ2v) is 8.22. The zero-order valence-corrected chi connectivity index (χ0v) is 20.0. The molecule has 0 radical (unpaired) electrons. The Labute approximate surface area is 198 Å². The first-order valence-electron chi connectivity index (χ1n) is 11.0. The minimum absolute atomic E-state index is 0.0978. The Morgan fingerprint density at radius 3 is 1.68 bits per heavy atom. The number of amides is 3. The van der Waals surface area contributed by atoms with Crippen LogP contribution in [0.15, 0.2) is 4.99 Å². The lowest BCUT2D eigenvalue weighted by Gasteiger charge is -2.28. The molecule has 7 atom stereocenters. The highest BCUT2D eigenvalue weighted by molar-refractivity contribution is 5.94. The molecule has 0 heterocycles. The number of aliphatic imine (C=N–C) groups is 1. The first kappa shape index (κ1) is 31.0. The van der Waals surface area contributed by atoms with Gasteiger partial charge in [-0.25, -0.2) is 4.79 Å². The zero-order chi connectivity index (χ0) is 26.6. The summed E-state index contributed by atoms with van der Waals surface area (Å²) in [6.07, 6.45) is -1.73. The molecule has 0 aliphatic carbocycles. The summed E-state index contributed by atoms with van der Waals surface area (Å²) in [5.74, 6) is -4.40. The zero-order valence-electron chi connectivity index (χ0n) is 20.0. The molecule has 0 aromatic carbocycles. The highest BCUT2D eigenvalue weighted by Crippen LogP contribution is 2.09. The SMILES string of the molecule is CCC(C)C(NC(=O)C(NC(=O)C(NC(=O)C(N)CCCN=C(N)N)C(C)O)C(C)O)C(=O)O. The van der Waals surface area contributed by atoms with Gasteiger partial charge in [0.15, 0.2) is 5.96 Å². The van der Waals surface area contributed by atoms with Crippen LogP contribution in [0.2, 0.25) is 0 Å². The molecule has 0 saturated heterocycles. The lowest BCUT2D eigenvalue weighted by Crippen LogP contribution is -2.62. The van der Waals surface area contributed by atoms with Crippen molar-refractivity contribution in [3.05, 3.63) is 0 Å². The molecule has 3 amide bonds. The minimum Gasteiger partial charge on any atom is -0.480 e. The molecule has 14 nitrogen and oxygen atoms in total. The van der Waals surface area contributed by atoms with Crippen LogP contribution in [-0.4, -0.2) is 87.9 Å². The van der Waals surface area contributed by atoms with E-state index in [4.69, 9.17) is 17.2 Å². The fraction of sp³-hybridized carbons (Fsp3) is 0.750. The van der Waals surface area contributed by atoms with Crippen LogP contribution in [-0.2, 0) is 19.2 Å². The van der Waals surface area contributed by atoms with Gasteiger partial charge in [-0.2, -0.15) is 0 Å². The average Bonchev–Trinajstić information content (AvgIpc) is 2.74. The molecule has 0 spiro atoms. The summed E-state index contributed by atoms with van der Waals surface area (Å²) in [5, 5.41) is 36.2. The molecule has 0 aliphatic heterocycles. The van der Waals surface area contributed by atoms with Crippen molar-refractivity contribution in [2.24, 2.45) is 28.1 Å². The van der Waals surface area contributed by atoms with Gasteiger partial charge in [0.2, 0.25) is 17.7 Å². The van der Waals surface area contributed by atoms with Gasteiger partial charge in [0.1, 0.15) is 18.1 Å². The Hall–Kier alpha value is -2.97. The molecule has 0 rings (SSSR count). The maximum atomic E-state index is 12.7. The summed E-state index contributed by atoms with van der Waals surface area (Å²) < 4.78 is 0. The second kappa shape index (κ2) is 15.0. The van der Waals surface area contributed by atoms with Crippen LogP contribution in [0.5, 0.6) is 0 Å². The van der Waals surface area contributed by atoms with Crippen LogP contribution in [0.25, 0.3) is 0 Å². The molecule has 0 saturated carbocycles. The van der Waals surface area contributed by atoms with Crippen LogP contribution in [0.3, 0.4) is 0 Å². The monoisotopic (exact) mass is 489 g/mol. The second-order valence-electron chi connectivity index (χ2n) is 8.22. The Morgan fingerprint density at radius 2 is 1.29 bits per heavy atom. The van der Waals surface area contributed by atoms with Gasteiger partial charge in [0.05, 0.1) is 18.2 Å². The smallest absolute Gasteiger partial charge is 0.326 e. The number of carboxylic acids is 1. The van der Waals surface area contributed by atoms with Gasteiger partial charge in [-0.15, -0.1) is 0 Å². The normalized spacial score (nSPS) is 17.1. The van der Waals surface area contributed by atoms with Crippen LogP contribution < -0.4 is 33.2 Å². The van der Waals surface area contributed by atoms with E-state index in [0.717, 1.165) is 0 Å². The van der Waals surface area contributed by atoms with Crippen molar-refractivity contribution >= 4 is 29.7 Å². The number of nitrogens with one attached hydrogen (secondary N) is 3. The van der Waals surface area contributed by atoms with E-state index in [1.165, 1.54) is 13.8 Å². The molecule has 0 bridgehead atoms. The molecule has 0 aromatic rings. The van der Waals surface area contributed by atoms with Crippen molar-refractivity contribution < 1.29 is 34.5 Å². The van der Waals surface area contributed by atoms with Gasteiger partial charge in [0, 0.05) is 6.54 Å². The summed E-state index contributed by atoms with van der Waals surface area (Å²) in [6, 6.07) is -5.29. The van der Waals surface area contributed by atoms with Crippen LogP contribution >= 0.6 is 0 Å². The van der Waals surface area contributed by atoms with E-state index in [9.17, 15) is 34.5 Å². The quantitative estimate of drug-likeness (QED) is 0.0629. The number of aliphatic hydroxyl groups is 2. The van der Waals surface area contributed by atoms with Crippen molar-refractivity contribution in [1.29, 1.82) is 0 Å². The summed E-state index contributed by atoms with van der Waals surface area (Å²) in [6.45, 7) is 6.11. The molecule has 7 unspecified atom stereocenters. The molecule has 0 aromatic heterocycles. The largest absolute Gasteiger partial charge is 0.480 e. The highest BCUT2D eigenvalue weighted by atomic mass is 16.4. The maximum Gasteiger partial charge on any atom is 0.326 e. The predicted molar refractivity (Wildman–Crippen MR) is 124 cm³/mol. The standard InChI is InChI=1S/C20H39N7O7/c1-5-9(2)13(19(33)34)25-17(31)15(11(4)29)27-18(32)14(10(3)28)26-16(30)12(21)7-6-8-24-20(22)23/h9-15,28-29H,5-8,21H2,1-4H3,(H,25,31)(H,26,30)(H,27,32)(H,33,34)(H4,22,23,24). The topological polar surface area (TPSA) is 255 Å². The molecular weight excluding hydrogens is 450 g/mol. The number of rotatable bonds is 15. The highest BCUT2D eigenvalue weighted by Gasteiger charge is 2.35. The average molecular weight is 490 g/mol. The summed E-state index contributed by atoms with van der Waals surface area (Å²) in [5.41, 5.74) is 16.2. The van der Waals surface area contributed by atoms with E-state index in [-0.39, 0.29) is 18.9 Å². The summed E-state index contributed by atoms with van der Waals surface area (Å²) >= 11 is 0. The van der Waals surface area contributed by atoms with Crippen LogP contribution in [0, 0.1) is 5.92 Å². The van der Waals surface area contributed by atoms with Crippen molar-refractivity contribution in [3.63, 3.8) is 0 Å². The van der Waals surface area contributed by atoms with E-state index >= 15 is 0 Å². The Kier molecular flexibility index (Phi) is 13.7. The van der Waals surface area contributed by atoms with Crippen LogP contribution in [0.1, 0.15) is 47.0 Å². The maximum absolute atomic E-state index is 12.7. The summed E-state index contributed by atoms with van der Waals surface area (Å²) in [7, 11) is 0. The fourth-order valence-electron chi connectivity index (χ4n) is 2.89. The number of nitrogens with zero attached hydrogens (tertiary/aromatic N) is 1. The number of guanidine groups is 1. The number of aliphatic hydroxyl groups excluding tert-OH is 2. The number of aliphatic carboxylic acids is 1. The van der Waals surface area contributed by atoms with Crippen molar-refractivity contribution in [2.75, 3.05) is 6.54 Å². The lowest BCUT2D eigenvalue weighted by atomic mass is 9.98. The Morgan fingerprint density at radius 1 is 0.853 bits per heavy atom. The third-order valence-electron chi connectivity index (χ3n) is 5.21. The molecule has 14 heteroatoms. The molecule has 12 N–H and O–H groups in total. The van der Waals surface area contributed by atoms with E-state index < -0.39 is 66.0 Å². The Balaban J connectivity index is 5.27. The first-order valence-corrected chi connectivity index (χ1v) is 11.0. The number of nitrogens with two attached hydrogens (primary N) is 3. The Bertz CT molecular complexity index is 726. The van der Waals surface area contributed by atoms with Gasteiger partial charge in [0.25, 0.3) is 0 Å². The van der Waals surface area contributed by atoms with E-state index in [2.05, 4.69) is 20.9 Å². The number of carbonyl (C=O) groups is 4. The van der Waals surface area contributed by atoms with Gasteiger partial charge in [-0.1, -0.05) is 20.3 Å². The van der Waals surface area contributed by atoms with E-state index in [0.29, 0.717) is 12.8 Å². The van der Waals surface area contributed by atoms with E-state index in [1.54, 1.807) is 13.8 Å².